The number of aliphatic hydroxyl groups is 1. The molecule has 0 bridgehead atoms. The molecule has 3 heterocycles. The van der Waals surface area contributed by atoms with Crippen LogP contribution in [0.4, 0.5) is 11.8 Å². The maximum Gasteiger partial charge on any atom is 0.229 e. The van der Waals surface area contributed by atoms with E-state index in [0.29, 0.717) is 41.7 Å². The number of rotatable bonds is 7. The van der Waals surface area contributed by atoms with Gasteiger partial charge in [-0.05, 0) is 48.6 Å². The van der Waals surface area contributed by atoms with Crippen molar-refractivity contribution in [3.05, 3.63) is 35.9 Å². The van der Waals surface area contributed by atoms with Crippen LogP contribution in [0.2, 0.25) is 0 Å². The van der Waals surface area contributed by atoms with Crippen molar-refractivity contribution in [2.24, 2.45) is 11.8 Å². The summed E-state index contributed by atoms with van der Waals surface area (Å²) in [5.41, 5.74) is 3.30. The highest BCUT2D eigenvalue weighted by Crippen LogP contribution is 2.31. The van der Waals surface area contributed by atoms with Crippen LogP contribution in [0.1, 0.15) is 25.8 Å². The van der Waals surface area contributed by atoms with Gasteiger partial charge >= 0.3 is 0 Å². The third kappa shape index (κ3) is 4.74. The van der Waals surface area contributed by atoms with E-state index in [1.807, 2.05) is 30.3 Å². The molecule has 1 saturated heterocycles. The molecule has 7 nitrogen and oxygen atoms in total. The number of hydrogen-bond acceptors (Lipinski definition) is 7. The smallest absolute Gasteiger partial charge is 0.229 e. The molecule has 0 aliphatic carbocycles. The average Bonchev–Trinajstić information content (AvgIpc) is 2.80. The molecule has 0 spiro atoms. The van der Waals surface area contributed by atoms with Crippen LogP contribution in [0, 0.1) is 11.8 Å². The van der Waals surface area contributed by atoms with Crippen LogP contribution < -0.4 is 15.0 Å². The van der Waals surface area contributed by atoms with Crippen molar-refractivity contribution in [1.82, 2.24) is 15.0 Å². The van der Waals surface area contributed by atoms with E-state index in [4.69, 9.17) is 31.3 Å². The Morgan fingerprint density at radius 2 is 1.91 bits per heavy atom. The lowest BCUT2D eigenvalue weighted by Gasteiger charge is -2.35. The van der Waals surface area contributed by atoms with Gasteiger partial charge in [0.25, 0.3) is 0 Å². The molecule has 2 N–H and O–H groups in total. The van der Waals surface area contributed by atoms with Crippen molar-refractivity contribution in [3.8, 4) is 17.0 Å². The zero-order chi connectivity index (χ0) is 22.7. The summed E-state index contributed by atoms with van der Waals surface area (Å²) in [4.78, 5) is 16.8. The highest BCUT2D eigenvalue weighted by molar-refractivity contribution is 6.17. The SMILES string of the molecule is COc1ccc(-c2ccc3c(NCCO)nc(N4C[C@H](C)C[C@H](C)C4)nc3n2)cc1CCl. The highest BCUT2D eigenvalue weighted by Gasteiger charge is 2.25. The van der Waals surface area contributed by atoms with Gasteiger partial charge in [-0.15, -0.1) is 11.6 Å². The number of fused-ring (bicyclic) bond motifs is 1. The molecule has 1 fully saturated rings. The number of anilines is 2. The van der Waals surface area contributed by atoms with E-state index in [1.54, 1.807) is 7.11 Å². The fourth-order valence-corrected chi connectivity index (χ4v) is 4.69. The number of methoxy groups -OCH3 is 1. The average molecular weight is 456 g/mol. The minimum atomic E-state index is 0.0250. The van der Waals surface area contributed by atoms with E-state index >= 15 is 0 Å². The molecular formula is C24H30ClN5O2. The van der Waals surface area contributed by atoms with Gasteiger partial charge in [-0.1, -0.05) is 13.8 Å². The van der Waals surface area contributed by atoms with Crippen molar-refractivity contribution in [3.63, 3.8) is 0 Å². The lowest BCUT2D eigenvalue weighted by atomic mass is 9.92. The van der Waals surface area contributed by atoms with Gasteiger partial charge in [-0.25, -0.2) is 4.98 Å². The first-order chi connectivity index (χ1) is 15.5. The Balaban J connectivity index is 1.78. The Bertz CT molecular complexity index is 1080. The molecule has 0 amide bonds. The second kappa shape index (κ2) is 9.88. The first-order valence-electron chi connectivity index (χ1n) is 11.0. The zero-order valence-electron chi connectivity index (χ0n) is 18.8. The van der Waals surface area contributed by atoms with Crippen LogP contribution in [0.5, 0.6) is 5.75 Å². The Labute approximate surface area is 193 Å². The number of aromatic nitrogens is 3. The summed E-state index contributed by atoms with van der Waals surface area (Å²) in [7, 11) is 1.64. The van der Waals surface area contributed by atoms with Gasteiger partial charge in [0.05, 0.1) is 30.7 Å². The van der Waals surface area contributed by atoms with Gasteiger partial charge < -0.3 is 20.1 Å². The van der Waals surface area contributed by atoms with Crippen LogP contribution in [0.15, 0.2) is 30.3 Å². The van der Waals surface area contributed by atoms with E-state index in [-0.39, 0.29) is 6.61 Å². The Kier molecular flexibility index (Phi) is 6.96. The van der Waals surface area contributed by atoms with E-state index in [1.165, 1.54) is 6.42 Å². The lowest BCUT2D eigenvalue weighted by Crippen LogP contribution is -2.39. The molecule has 1 aliphatic rings. The van der Waals surface area contributed by atoms with Crippen LogP contribution in [0.3, 0.4) is 0 Å². The fourth-order valence-electron chi connectivity index (χ4n) is 4.48. The largest absolute Gasteiger partial charge is 0.496 e. The van der Waals surface area contributed by atoms with Crippen LogP contribution in [-0.4, -0.2) is 53.4 Å². The number of aliphatic hydroxyl groups excluding tert-OH is 1. The normalized spacial score (nSPS) is 18.7. The van der Waals surface area contributed by atoms with Crippen molar-refractivity contribution in [1.29, 1.82) is 0 Å². The maximum absolute atomic E-state index is 9.32. The minimum Gasteiger partial charge on any atom is -0.496 e. The van der Waals surface area contributed by atoms with E-state index in [2.05, 4.69) is 24.1 Å². The Hall–Kier alpha value is -2.64. The second-order valence-electron chi connectivity index (χ2n) is 8.60. The van der Waals surface area contributed by atoms with E-state index < -0.39 is 0 Å². The zero-order valence-corrected chi connectivity index (χ0v) is 19.6. The molecule has 32 heavy (non-hydrogen) atoms. The fraction of sp³-hybridized carbons (Fsp3) is 0.458. The maximum atomic E-state index is 9.32. The number of piperidine rings is 1. The number of hydrogen-bond donors (Lipinski definition) is 2. The predicted octanol–water partition coefficient (Wildman–Crippen LogP) is 4.33. The van der Waals surface area contributed by atoms with Crippen molar-refractivity contribution >= 4 is 34.4 Å². The topological polar surface area (TPSA) is 83.4 Å². The molecule has 3 aromatic rings. The molecule has 2 aromatic heterocycles. The van der Waals surface area contributed by atoms with Crippen molar-refractivity contribution < 1.29 is 9.84 Å². The number of nitrogens with zero attached hydrogens (tertiary/aromatic N) is 4. The number of ether oxygens (including phenoxy) is 1. The summed E-state index contributed by atoms with van der Waals surface area (Å²) in [6.45, 7) is 6.82. The van der Waals surface area contributed by atoms with Gasteiger partial charge in [0.2, 0.25) is 5.95 Å². The quantitative estimate of drug-likeness (QED) is 0.513. The first-order valence-corrected chi connectivity index (χ1v) is 11.6. The number of pyridine rings is 1. The monoisotopic (exact) mass is 455 g/mol. The predicted molar refractivity (Wildman–Crippen MR) is 130 cm³/mol. The van der Waals surface area contributed by atoms with Crippen molar-refractivity contribution in [2.75, 3.05) is 43.6 Å². The summed E-state index contributed by atoms with van der Waals surface area (Å²) in [6, 6.07) is 9.83. The molecule has 0 saturated carbocycles. The summed E-state index contributed by atoms with van der Waals surface area (Å²) < 4.78 is 5.39. The van der Waals surface area contributed by atoms with Crippen LogP contribution >= 0.6 is 11.6 Å². The van der Waals surface area contributed by atoms with Crippen LogP contribution in [0.25, 0.3) is 22.3 Å². The third-order valence-corrected chi connectivity index (χ3v) is 6.11. The Morgan fingerprint density at radius 1 is 1.12 bits per heavy atom. The van der Waals surface area contributed by atoms with Gasteiger partial charge in [0.1, 0.15) is 11.6 Å². The molecule has 0 unspecified atom stereocenters. The van der Waals surface area contributed by atoms with Gasteiger partial charge in [0.15, 0.2) is 5.65 Å². The van der Waals surface area contributed by atoms with E-state index in [9.17, 15) is 5.11 Å². The van der Waals surface area contributed by atoms with Crippen LogP contribution in [-0.2, 0) is 5.88 Å². The molecule has 1 aliphatic heterocycles. The molecule has 170 valence electrons. The Morgan fingerprint density at radius 3 is 2.59 bits per heavy atom. The molecule has 1 aromatic carbocycles. The molecular weight excluding hydrogens is 426 g/mol. The summed E-state index contributed by atoms with van der Waals surface area (Å²) >= 11 is 6.11. The first kappa shape index (κ1) is 22.6. The lowest BCUT2D eigenvalue weighted by molar-refractivity contribution is 0.311. The second-order valence-corrected chi connectivity index (χ2v) is 8.87. The third-order valence-electron chi connectivity index (χ3n) is 5.82. The number of alkyl halides is 1. The van der Waals surface area contributed by atoms with E-state index in [0.717, 1.165) is 41.0 Å². The highest BCUT2D eigenvalue weighted by atomic mass is 35.5. The number of halogens is 1. The molecule has 0 radical (unpaired) electrons. The van der Waals surface area contributed by atoms with Gasteiger partial charge in [0, 0.05) is 30.8 Å². The minimum absolute atomic E-state index is 0.0250. The molecule has 8 heteroatoms. The van der Waals surface area contributed by atoms with Gasteiger partial charge in [-0.3, -0.25) is 0 Å². The van der Waals surface area contributed by atoms with Crippen molar-refractivity contribution in [2.45, 2.75) is 26.1 Å². The summed E-state index contributed by atoms with van der Waals surface area (Å²) in [5, 5.41) is 13.4. The number of benzene rings is 1. The summed E-state index contributed by atoms with van der Waals surface area (Å²) in [5.74, 6) is 3.66. The number of nitrogens with one attached hydrogen (secondary N) is 1. The molecule has 4 rings (SSSR count). The standard InChI is InChI=1S/C24H30ClN5O2/c1-15-10-16(2)14-30(13-15)24-28-22(26-8-9-31)19-5-6-20(27-23(19)29-24)17-4-7-21(32-3)18(11-17)12-25/h4-7,11,15-16,31H,8-10,12-14H2,1-3H3,(H,26,27,28,29)/t15-,16+. The van der Waals surface area contributed by atoms with Gasteiger partial charge in [-0.2, -0.15) is 9.97 Å². The molecule has 2 atom stereocenters. The summed E-state index contributed by atoms with van der Waals surface area (Å²) in [6.07, 6.45) is 1.21.